The minimum Gasteiger partial charge on any atom is -0.244 e. The summed E-state index contributed by atoms with van der Waals surface area (Å²) in [5.41, 5.74) is 0. The molecule has 0 spiro atoms. The largest absolute Gasteiger partial charge is 0.244 e. The van der Waals surface area contributed by atoms with Crippen molar-refractivity contribution in [1.29, 1.82) is 0 Å². The van der Waals surface area contributed by atoms with E-state index in [-0.39, 0.29) is 0 Å². The second kappa shape index (κ2) is 2.15. The van der Waals surface area contributed by atoms with Crippen LogP contribution in [0.1, 0.15) is 6.42 Å². The standard InChI is InChI=1S/C5H6F4/c6-2-1-3(7)5(9)4(2)8/h2-5H,1H2/t2-,3+,4-,5+. The predicted octanol–water partition coefficient (Wildman–Crippen LogP) is 1.74. The van der Waals surface area contributed by atoms with Gasteiger partial charge in [-0.2, -0.15) is 0 Å². The Morgan fingerprint density at radius 3 is 1.22 bits per heavy atom. The smallest absolute Gasteiger partial charge is 0.165 e. The Morgan fingerprint density at radius 2 is 1.11 bits per heavy atom. The number of hydrogen-bond donors (Lipinski definition) is 0. The molecule has 0 aliphatic heterocycles. The highest BCUT2D eigenvalue weighted by Gasteiger charge is 2.45. The summed E-state index contributed by atoms with van der Waals surface area (Å²) in [7, 11) is 0. The molecule has 0 nitrogen and oxygen atoms in total. The second-order valence-corrected chi connectivity index (χ2v) is 2.16. The average molecular weight is 142 g/mol. The Hall–Kier alpha value is -0.280. The number of halogens is 4. The molecule has 1 aliphatic carbocycles. The molecule has 4 heteroatoms. The van der Waals surface area contributed by atoms with Crippen LogP contribution in [0.4, 0.5) is 17.6 Å². The summed E-state index contributed by atoms with van der Waals surface area (Å²) in [5.74, 6) is 0. The maximum absolute atomic E-state index is 12.0. The lowest BCUT2D eigenvalue weighted by Gasteiger charge is -2.02. The van der Waals surface area contributed by atoms with Gasteiger partial charge in [0.1, 0.15) is 12.3 Å². The Labute approximate surface area is 49.9 Å². The quantitative estimate of drug-likeness (QED) is 0.452. The lowest BCUT2D eigenvalue weighted by atomic mass is 10.3. The van der Waals surface area contributed by atoms with Crippen molar-refractivity contribution < 1.29 is 17.6 Å². The van der Waals surface area contributed by atoms with Crippen LogP contribution in [-0.4, -0.2) is 24.7 Å². The molecule has 0 amide bonds. The molecular formula is C5H6F4. The van der Waals surface area contributed by atoms with Crippen molar-refractivity contribution in [2.24, 2.45) is 0 Å². The first-order chi connectivity index (χ1) is 4.13. The molecule has 4 atom stereocenters. The van der Waals surface area contributed by atoms with E-state index in [4.69, 9.17) is 0 Å². The van der Waals surface area contributed by atoms with E-state index < -0.39 is 31.1 Å². The van der Waals surface area contributed by atoms with Crippen LogP contribution in [0, 0.1) is 0 Å². The van der Waals surface area contributed by atoms with Crippen LogP contribution in [0.5, 0.6) is 0 Å². The highest BCUT2D eigenvalue weighted by molar-refractivity contribution is 4.92. The topological polar surface area (TPSA) is 0 Å². The van der Waals surface area contributed by atoms with Gasteiger partial charge in [0.25, 0.3) is 0 Å². The van der Waals surface area contributed by atoms with E-state index in [1.165, 1.54) is 0 Å². The SMILES string of the molecule is F[C@@H]1[C@H](F)[C@H](F)C[C@@H]1F. The number of alkyl halides is 4. The molecular weight excluding hydrogens is 136 g/mol. The first-order valence-electron chi connectivity index (χ1n) is 2.69. The molecule has 0 radical (unpaired) electrons. The van der Waals surface area contributed by atoms with Crippen LogP contribution in [-0.2, 0) is 0 Å². The van der Waals surface area contributed by atoms with E-state index in [9.17, 15) is 17.6 Å². The molecule has 9 heavy (non-hydrogen) atoms. The number of hydrogen-bond acceptors (Lipinski definition) is 0. The normalized spacial score (nSPS) is 52.0. The molecule has 0 N–H and O–H groups in total. The molecule has 1 fully saturated rings. The molecule has 1 saturated carbocycles. The second-order valence-electron chi connectivity index (χ2n) is 2.16. The molecule has 0 aromatic heterocycles. The van der Waals surface area contributed by atoms with E-state index >= 15 is 0 Å². The highest BCUT2D eigenvalue weighted by atomic mass is 19.2. The van der Waals surface area contributed by atoms with Gasteiger partial charge in [-0.3, -0.25) is 0 Å². The molecule has 0 saturated heterocycles. The molecule has 54 valence electrons. The van der Waals surface area contributed by atoms with Crippen LogP contribution in [0.3, 0.4) is 0 Å². The molecule has 0 unspecified atom stereocenters. The van der Waals surface area contributed by atoms with Crippen LogP contribution < -0.4 is 0 Å². The summed E-state index contributed by atoms with van der Waals surface area (Å²) in [6.45, 7) is 0. The summed E-state index contributed by atoms with van der Waals surface area (Å²) in [5, 5.41) is 0. The van der Waals surface area contributed by atoms with Gasteiger partial charge in [-0.1, -0.05) is 0 Å². The first-order valence-corrected chi connectivity index (χ1v) is 2.69. The fraction of sp³-hybridized carbons (Fsp3) is 1.00. The summed E-state index contributed by atoms with van der Waals surface area (Å²) >= 11 is 0. The van der Waals surface area contributed by atoms with Crippen molar-refractivity contribution in [2.45, 2.75) is 31.1 Å². The van der Waals surface area contributed by atoms with E-state index in [1.54, 1.807) is 0 Å². The Kier molecular flexibility index (Phi) is 1.64. The van der Waals surface area contributed by atoms with Crippen molar-refractivity contribution in [3.8, 4) is 0 Å². The monoisotopic (exact) mass is 142 g/mol. The van der Waals surface area contributed by atoms with E-state index in [2.05, 4.69) is 0 Å². The van der Waals surface area contributed by atoms with Gasteiger partial charge in [0.05, 0.1) is 0 Å². The van der Waals surface area contributed by atoms with Gasteiger partial charge in [-0.05, 0) is 0 Å². The Morgan fingerprint density at radius 1 is 0.778 bits per heavy atom. The maximum atomic E-state index is 12.0. The van der Waals surface area contributed by atoms with Gasteiger partial charge in [0.2, 0.25) is 0 Å². The molecule has 0 aromatic carbocycles. The fourth-order valence-electron chi connectivity index (χ4n) is 0.874. The van der Waals surface area contributed by atoms with Gasteiger partial charge in [-0.15, -0.1) is 0 Å². The van der Waals surface area contributed by atoms with Crippen molar-refractivity contribution in [3.63, 3.8) is 0 Å². The zero-order chi connectivity index (χ0) is 7.02. The fourth-order valence-corrected chi connectivity index (χ4v) is 0.874. The summed E-state index contributed by atoms with van der Waals surface area (Å²) in [4.78, 5) is 0. The zero-order valence-electron chi connectivity index (χ0n) is 4.53. The van der Waals surface area contributed by atoms with Gasteiger partial charge in [0, 0.05) is 6.42 Å². The molecule has 1 aliphatic rings. The van der Waals surface area contributed by atoms with Crippen LogP contribution >= 0.6 is 0 Å². The Balaban J connectivity index is 2.54. The van der Waals surface area contributed by atoms with Crippen molar-refractivity contribution >= 4 is 0 Å². The summed E-state index contributed by atoms with van der Waals surface area (Å²) in [6.07, 6.45) is -9.03. The van der Waals surface area contributed by atoms with Crippen molar-refractivity contribution in [3.05, 3.63) is 0 Å². The van der Waals surface area contributed by atoms with Gasteiger partial charge < -0.3 is 0 Å². The van der Waals surface area contributed by atoms with E-state index in [0.29, 0.717) is 0 Å². The van der Waals surface area contributed by atoms with Gasteiger partial charge in [0.15, 0.2) is 12.3 Å². The van der Waals surface area contributed by atoms with Crippen molar-refractivity contribution in [1.82, 2.24) is 0 Å². The highest BCUT2D eigenvalue weighted by Crippen LogP contribution is 2.30. The van der Waals surface area contributed by atoms with Crippen LogP contribution in [0.25, 0.3) is 0 Å². The maximum Gasteiger partial charge on any atom is 0.165 e. The zero-order valence-corrected chi connectivity index (χ0v) is 4.53. The third kappa shape index (κ3) is 1.02. The molecule has 0 heterocycles. The Bertz CT molecular complexity index is 93.1. The molecule has 1 rings (SSSR count). The minimum absolute atomic E-state index is 0.637. The predicted molar refractivity (Wildman–Crippen MR) is 24.2 cm³/mol. The van der Waals surface area contributed by atoms with E-state index in [0.717, 1.165) is 0 Å². The number of rotatable bonds is 0. The van der Waals surface area contributed by atoms with E-state index in [1.807, 2.05) is 0 Å². The van der Waals surface area contributed by atoms with Crippen molar-refractivity contribution in [2.75, 3.05) is 0 Å². The lowest BCUT2D eigenvalue weighted by molar-refractivity contribution is 0.111. The average Bonchev–Trinajstić information content (AvgIpc) is 1.98. The van der Waals surface area contributed by atoms with Crippen LogP contribution in [0.15, 0.2) is 0 Å². The summed E-state index contributed by atoms with van der Waals surface area (Å²) in [6, 6.07) is 0. The third-order valence-electron chi connectivity index (χ3n) is 1.45. The molecule has 0 bridgehead atoms. The first kappa shape index (κ1) is 6.83. The van der Waals surface area contributed by atoms with Crippen LogP contribution in [0.2, 0.25) is 0 Å². The third-order valence-corrected chi connectivity index (χ3v) is 1.45. The summed E-state index contributed by atoms with van der Waals surface area (Å²) < 4.78 is 47.9. The lowest BCUT2D eigenvalue weighted by Crippen LogP contribution is -2.20. The van der Waals surface area contributed by atoms with Gasteiger partial charge >= 0.3 is 0 Å². The minimum atomic E-state index is -2.25. The van der Waals surface area contributed by atoms with Gasteiger partial charge in [-0.25, -0.2) is 17.6 Å². The molecule has 0 aromatic rings.